The van der Waals surface area contributed by atoms with E-state index in [0.29, 0.717) is 28.0 Å². The number of aromatic hydroxyl groups is 2. The summed E-state index contributed by atoms with van der Waals surface area (Å²) in [7, 11) is 0. The van der Waals surface area contributed by atoms with Crippen LogP contribution in [-0.2, 0) is 0 Å². The molecule has 6 heteroatoms. The molecule has 0 radical (unpaired) electrons. The highest BCUT2D eigenvalue weighted by molar-refractivity contribution is 6.04. The lowest BCUT2D eigenvalue weighted by atomic mass is 9.99. The molecule has 0 atom stereocenters. The molecule has 0 amide bonds. The van der Waals surface area contributed by atoms with Gasteiger partial charge in [-0.05, 0) is 49.7 Å². The Morgan fingerprint density at radius 2 is 1.58 bits per heavy atom. The number of rotatable bonds is 5. The lowest BCUT2D eigenvalue weighted by molar-refractivity contribution is 0.0697. The van der Waals surface area contributed by atoms with Gasteiger partial charge in [0.05, 0.1) is 16.6 Å². The number of aromatic carboxylic acids is 1. The largest absolute Gasteiger partial charge is 0.505 e. The molecule has 0 aliphatic rings. The van der Waals surface area contributed by atoms with Crippen molar-refractivity contribution >= 4 is 28.8 Å². The van der Waals surface area contributed by atoms with E-state index < -0.39 is 5.97 Å². The minimum atomic E-state index is -1.05. The summed E-state index contributed by atoms with van der Waals surface area (Å²) >= 11 is 0. The number of phenols is 1. The summed E-state index contributed by atoms with van der Waals surface area (Å²) in [5.74, 6) is -1.07. The third-order valence-electron chi connectivity index (χ3n) is 6.12. The van der Waals surface area contributed by atoms with E-state index >= 15 is 0 Å². The summed E-state index contributed by atoms with van der Waals surface area (Å²) in [5.41, 5.74) is 5.95. The molecule has 178 valence electrons. The van der Waals surface area contributed by atoms with Gasteiger partial charge in [0.2, 0.25) is 5.88 Å². The van der Waals surface area contributed by atoms with Crippen molar-refractivity contribution in [3.05, 3.63) is 107 Å². The molecule has 0 unspecified atom stereocenters. The fraction of sp³-hybridized carbons (Fsp3) is 0.0667. The average Bonchev–Trinajstić information content (AvgIpc) is 3.14. The van der Waals surface area contributed by atoms with Crippen molar-refractivity contribution in [1.82, 2.24) is 4.57 Å². The van der Waals surface area contributed by atoms with Crippen LogP contribution in [0.25, 0.3) is 27.7 Å². The van der Waals surface area contributed by atoms with Crippen molar-refractivity contribution < 1.29 is 20.1 Å². The second-order valence-corrected chi connectivity index (χ2v) is 8.75. The van der Waals surface area contributed by atoms with Gasteiger partial charge in [-0.3, -0.25) is 9.56 Å². The van der Waals surface area contributed by atoms with Crippen LogP contribution in [0.3, 0.4) is 0 Å². The van der Waals surface area contributed by atoms with Crippen LogP contribution in [0.5, 0.6) is 11.6 Å². The maximum Gasteiger partial charge on any atom is 0.335 e. The van der Waals surface area contributed by atoms with E-state index in [0.717, 1.165) is 22.1 Å². The fourth-order valence-corrected chi connectivity index (χ4v) is 4.55. The van der Waals surface area contributed by atoms with Gasteiger partial charge in [0, 0.05) is 22.9 Å². The van der Waals surface area contributed by atoms with E-state index in [1.54, 1.807) is 22.8 Å². The number of nitrogens with zero attached hydrogens (tertiary/aromatic N) is 2. The van der Waals surface area contributed by atoms with Crippen molar-refractivity contribution in [2.45, 2.75) is 13.8 Å². The van der Waals surface area contributed by atoms with Crippen LogP contribution >= 0.6 is 0 Å². The summed E-state index contributed by atoms with van der Waals surface area (Å²) in [6, 6.07) is 25.3. The molecule has 5 aromatic rings. The smallest absolute Gasteiger partial charge is 0.335 e. The van der Waals surface area contributed by atoms with Gasteiger partial charge in [0.15, 0.2) is 0 Å². The van der Waals surface area contributed by atoms with Gasteiger partial charge < -0.3 is 15.3 Å². The van der Waals surface area contributed by atoms with Gasteiger partial charge in [0.25, 0.3) is 0 Å². The highest BCUT2D eigenvalue weighted by Gasteiger charge is 2.18. The van der Waals surface area contributed by atoms with Gasteiger partial charge in [-0.25, -0.2) is 4.79 Å². The summed E-state index contributed by atoms with van der Waals surface area (Å²) in [4.78, 5) is 16.0. The predicted octanol–water partition coefficient (Wildman–Crippen LogP) is 6.77. The maximum atomic E-state index is 11.5. The van der Waals surface area contributed by atoms with E-state index in [1.807, 2.05) is 62.4 Å². The first kappa shape index (κ1) is 22.9. The van der Waals surface area contributed by atoms with Gasteiger partial charge >= 0.3 is 5.97 Å². The van der Waals surface area contributed by atoms with Crippen molar-refractivity contribution in [2.75, 3.05) is 0 Å². The molecule has 0 bridgehead atoms. The Balaban J connectivity index is 1.62. The first-order valence-electron chi connectivity index (χ1n) is 11.4. The molecule has 1 aromatic heterocycles. The third kappa shape index (κ3) is 4.09. The molecule has 6 nitrogen and oxygen atoms in total. The Labute approximate surface area is 208 Å². The fourth-order valence-electron chi connectivity index (χ4n) is 4.55. The molecule has 36 heavy (non-hydrogen) atoms. The van der Waals surface area contributed by atoms with Crippen LogP contribution in [0.4, 0.5) is 5.69 Å². The summed E-state index contributed by atoms with van der Waals surface area (Å²) < 4.78 is 1.59. The highest BCUT2D eigenvalue weighted by atomic mass is 16.4. The van der Waals surface area contributed by atoms with E-state index in [2.05, 4.69) is 11.1 Å². The summed E-state index contributed by atoms with van der Waals surface area (Å²) in [6.45, 7) is 4.03. The number of fused-ring (bicyclic) bond motifs is 1. The third-order valence-corrected chi connectivity index (χ3v) is 6.12. The van der Waals surface area contributed by atoms with Crippen LogP contribution in [0, 0.1) is 13.8 Å². The van der Waals surface area contributed by atoms with Gasteiger partial charge in [0.1, 0.15) is 11.4 Å². The quantitative estimate of drug-likeness (QED) is 0.244. The minimum Gasteiger partial charge on any atom is -0.505 e. The van der Waals surface area contributed by atoms with Crippen LogP contribution < -0.4 is 0 Å². The normalized spacial score (nSPS) is 11.4. The number of aromatic nitrogens is 1. The Bertz CT molecular complexity index is 1640. The molecule has 0 aliphatic carbocycles. The molecule has 0 aliphatic heterocycles. The van der Waals surface area contributed by atoms with Crippen LogP contribution in [-0.4, -0.2) is 32.1 Å². The van der Waals surface area contributed by atoms with Crippen LogP contribution in [0.1, 0.15) is 27.0 Å². The van der Waals surface area contributed by atoms with Crippen LogP contribution in [0.15, 0.2) is 89.9 Å². The summed E-state index contributed by atoms with van der Waals surface area (Å²) in [6.07, 6.45) is 1.52. The zero-order chi connectivity index (χ0) is 25.4. The second-order valence-electron chi connectivity index (χ2n) is 8.75. The molecular formula is C30H24N2O4. The molecule has 0 spiro atoms. The SMILES string of the molecule is Cc1cc(C)cc(-c2cccc(N=Cc3c(O)n(-c4cccc(C(=O)O)c4)c4ccccc34)c2O)c1. The monoisotopic (exact) mass is 476 g/mol. The maximum absolute atomic E-state index is 11.5. The van der Waals surface area contributed by atoms with Gasteiger partial charge in [-0.1, -0.05) is 65.7 Å². The first-order valence-corrected chi connectivity index (χ1v) is 11.4. The van der Waals surface area contributed by atoms with Crippen molar-refractivity contribution in [1.29, 1.82) is 0 Å². The molecule has 0 fully saturated rings. The standard InChI is InChI=1S/C30H24N2O4/c1-18-13-19(2)15-21(14-18)23-10-6-11-26(28(23)33)31-17-25-24-9-3-4-12-27(24)32(29(25)34)22-8-5-7-20(16-22)30(35)36/h3-17,33-34H,1-2H3,(H,35,36). The number of aliphatic imine (C=N–C) groups is 1. The molecule has 3 N–H and O–H groups in total. The molecule has 1 heterocycles. The molecule has 4 aromatic carbocycles. The van der Waals surface area contributed by atoms with E-state index in [9.17, 15) is 20.1 Å². The van der Waals surface area contributed by atoms with Crippen LogP contribution in [0.2, 0.25) is 0 Å². The van der Waals surface area contributed by atoms with E-state index in [4.69, 9.17) is 0 Å². The lowest BCUT2D eigenvalue weighted by Gasteiger charge is -2.09. The number of carboxylic acid groups (broad SMARTS) is 1. The Morgan fingerprint density at radius 1 is 0.861 bits per heavy atom. The predicted molar refractivity (Wildman–Crippen MR) is 142 cm³/mol. The Kier molecular flexibility index (Phi) is 5.78. The number of para-hydroxylation sites is 2. The number of benzene rings is 4. The molecule has 5 rings (SSSR count). The van der Waals surface area contributed by atoms with Crippen molar-refractivity contribution in [3.8, 4) is 28.4 Å². The zero-order valence-corrected chi connectivity index (χ0v) is 19.8. The summed E-state index contributed by atoms with van der Waals surface area (Å²) in [5, 5.41) is 32.4. The van der Waals surface area contributed by atoms with Crippen molar-refractivity contribution in [3.63, 3.8) is 0 Å². The number of hydrogen-bond acceptors (Lipinski definition) is 4. The number of carboxylic acids is 1. The van der Waals surface area contributed by atoms with Gasteiger partial charge in [-0.15, -0.1) is 0 Å². The number of hydrogen-bond donors (Lipinski definition) is 3. The molecule has 0 saturated carbocycles. The Hall–Kier alpha value is -4.84. The zero-order valence-electron chi connectivity index (χ0n) is 19.8. The lowest BCUT2D eigenvalue weighted by Crippen LogP contribution is -1.99. The van der Waals surface area contributed by atoms with E-state index in [-0.39, 0.29) is 17.2 Å². The molecular weight excluding hydrogens is 452 g/mol. The van der Waals surface area contributed by atoms with Crippen molar-refractivity contribution in [2.24, 2.45) is 4.99 Å². The van der Waals surface area contributed by atoms with E-state index in [1.165, 1.54) is 18.3 Å². The second kappa shape index (κ2) is 9.07. The average molecular weight is 477 g/mol. The number of phenolic OH excluding ortho intramolecular Hbond substituents is 1. The van der Waals surface area contributed by atoms with Gasteiger partial charge in [-0.2, -0.15) is 0 Å². The minimum absolute atomic E-state index is 0.0520. The Morgan fingerprint density at radius 3 is 2.33 bits per heavy atom. The highest BCUT2D eigenvalue weighted by Crippen LogP contribution is 2.39. The molecule has 0 saturated heterocycles. The topological polar surface area (TPSA) is 95.1 Å². The number of carbonyl (C=O) groups is 1. The first-order chi connectivity index (χ1) is 17.3. The number of aryl methyl sites for hydroxylation is 2.